The van der Waals surface area contributed by atoms with Gasteiger partial charge < -0.3 is 9.73 Å². The first-order chi connectivity index (χ1) is 13.4. The first kappa shape index (κ1) is 19.8. The maximum absolute atomic E-state index is 12.3. The summed E-state index contributed by atoms with van der Waals surface area (Å²) in [6.07, 6.45) is 0. The molecule has 28 heavy (non-hydrogen) atoms. The summed E-state index contributed by atoms with van der Waals surface area (Å²) in [5, 5.41) is 16.6. The number of rotatable bonds is 4. The molecule has 0 saturated carbocycles. The number of para-hydroxylation sites is 2. The molecular weight excluding hydrogens is 425 g/mol. The number of hydrogen-bond acceptors (Lipinski definition) is 5. The molecule has 0 atom stereocenters. The molecule has 0 aliphatic carbocycles. The topological polar surface area (TPSA) is 97.4 Å². The molecule has 1 aromatic heterocycles. The molecule has 3 aromatic rings. The maximum Gasteiger partial charge on any atom is 0.293 e. The highest BCUT2D eigenvalue weighted by molar-refractivity contribution is 7.80. The Morgan fingerprint density at radius 1 is 1.07 bits per heavy atom. The van der Waals surface area contributed by atoms with Crippen LogP contribution in [0.25, 0.3) is 11.3 Å². The van der Waals surface area contributed by atoms with Gasteiger partial charge in [0.1, 0.15) is 11.4 Å². The Balaban J connectivity index is 1.72. The summed E-state index contributed by atoms with van der Waals surface area (Å²) in [5.41, 5.74) is 0.521. The molecule has 2 N–H and O–H groups in total. The smallest absolute Gasteiger partial charge is 0.293 e. The zero-order chi connectivity index (χ0) is 20.3. The van der Waals surface area contributed by atoms with Crippen molar-refractivity contribution in [2.24, 2.45) is 0 Å². The molecule has 0 aliphatic heterocycles. The van der Waals surface area contributed by atoms with E-state index in [4.69, 9.17) is 39.8 Å². The monoisotopic (exact) mass is 435 g/mol. The van der Waals surface area contributed by atoms with Crippen LogP contribution in [0.4, 0.5) is 11.4 Å². The van der Waals surface area contributed by atoms with Gasteiger partial charge in [0.05, 0.1) is 15.0 Å². The summed E-state index contributed by atoms with van der Waals surface area (Å²) < 4.78 is 5.53. The van der Waals surface area contributed by atoms with Crippen molar-refractivity contribution in [1.82, 2.24) is 5.32 Å². The third kappa shape index (κ3) is 4.30. The van der Waals surface area contributed by atoms with Gasteiger partial charge >= 0.3 is 0 Å². The first-order valence-corrected chi connectivity index (χ1v) is 8.93. The lowest BCUT2D eigenvalue weighted by Crippen LogP contribution is -2.34. The molecule has 0 saturated heterocycles. The fraction of sp³-hybridized carbons (Fsp3) is 0. The van der Waals surface area contributed by atoms with Gasteiger partial charge in [0.25, 0.3) is 11.6 Å². The maximum atomic E-state index is 12.3. The molecular formula is C18H11Cl2N3O4S. The molecule has 0 aliphatic rings. The molecule has 7 nitrogen and oxygen atoms in total. The minimum absolute atomic E-state index is 0.0160. The Bertz CT molecular complexity index is 1080. The van der Waals surface area contributed by atoms with E-state index in [1.165, 1.54) is 24.3 Å². The highest BCUT2D eigenvalue weighted by atomic mass is 35.5. The molecule has 142 valence electrons. The van der Waals surface area contributed by atoms with Crippen LogP contribution < -0.4 is 10.6 Å². The van der Waals surface area contributed by atoms with Crippen molar-refractivity contribution in [2.45, 2.75) is 0 Å². The average Bonchev–Trinajstić information content (AvgIpc) is 3.14. The highest BCUT2D eigenvalue weighted by Crippen LogP contribution is 2.34. The number of thiocarbonyl (C=S) groups is 1. The van der Waals surface area contributed by atoms with E-state index in [0.29, 0.717) is 21.4 Å². The number of hydrogen-bond donors (Lipinski definition) is 2. The zero-order valence-corrected chi connectivity index (χ0v) is 16.3. The van der Waals surface area contributed by atoms with Crippen molar-refractivity contribution >= 4 is 57.8 Å². The number of nitrogens with one attached hydrogen (secondary N) is 2. The van der Waals surface area contributed by atoms with E-state index in [1.807, 2.05) is 0 Å². The van der Waals surface area contributed by atoms with E-state index in [1.54, 1.807) is 30.3 Å². The normalized spacial score (nSPS) is 10.4. The van der Waals surface area contributed by atoms with Crippen LogP contribution in [0.5, 0.6) is 0 Å². The number of amides is 1. The van der Waals surface area contributed by atoms with Gasteiger partial charge in [0.2, 0.25) is 0 Å². The highest BCUT2D eigenvalue weighted by Gasteiger charge is 2.18. The number of anilines is 1. The van der Waals surface area contributed by atoms with E-state index in [-0.39, 0.29) is 22.2 Å². The van der Waals surface area contributed by atoms with Gasteiger partial charge in [-0.3, -0.25) is 20.2 Å². The number of carbonyl (C=O) groups excluding carboxylic acids is 1. The van der Waals surface area contributed by atoms with E-state index >= 15 is 0 Å². The molecule has 2 aromatic carbocycles. The molecule has 0 unspecified atom stereocenters. The van der Waals surface area contributed by atoms with Crippen molar-refractivity contribution in [3.63, 3.8) is 0 Å². The second-order valence-corrected chi connectivity index (χ2v) is 6.64. The lowest BCUT2D eigenvalue weighted by Gasteiger charge is -2.08. The van der Waals surface area contributed by atoms with Crippen molar-refractivity contribution < 1.29 is 14.1 Å². The number of carbonyl (C=O) groups is 1. The van der Waals surface area contributed by atoms with Crippen LogP contribution in [-0.2, 0) is 0 Å². The van der Waals surface area contributed by atoms with Crippen LogP contribution in [0.1, 0.15) is 10.6 Å². The fourth-order valence-electron chi connectivity index (χ4n) is 2.36. The van der Waals surface area contributed by atoms with Gasteiger partial charge in [0.15, 0.2) is 10.9 Å². The fourth-order valence-corrected chi connectivity index (χ4v) is 2.95. The number of nitro groups is 1. The molecule has 1 heterocycles. The summed E-state index contributed by atoms with van der Waals surface area (Å²) in [6.45, 7) is 0. The van der Waals surface area contributed by atoms with Gasteiger partial charge in [-0.1, -0.05) is 41.4 Å². The molecule has 0 spiro atoms. The van der Waals surface area contributed by atoms with Crippen LogP contribution >= 0.6 is 35.4 Å². The summed E-state index contributed by atoms with van der Waals surface area (Å²) in [6, 6.07) is 14.0. The summed E-state index contributed by atoms with van der Waals surface area (Å²) >= 11 is 17.2. The molecule has 3 rings (SSSR count). The predicted molar refractivity (Wildman–Crippen MR) is 111 cm³/mol. The molecule has 0 bridgehead atoms. The third-order valence-electron chi connectivity index (χ3n) is 3.62. The largest absolute Gasteiger partial charge is 0.451 e. The lowest BCUT2D eigenvalue weighted by molar-refractivity contribution is -0.383. The van der Waals surface area contributed by atoms with Crippen LogP contribution in [0, 0.1) is 10.1 Å². The van der Waals surface area contributed by atoms with Crippen LogP contribution in [0.15, 0.2) is 59.0 Å². The zero-order valence-electron chi connectivity index (χ0n) is 13.9. The van der Waals surface area contributed by atoms with Gasteiger partial charge in [-0.25, -0.2) is 0 Å². The second-order valence-electron chi connectivity index (χ2n) is 5.45. The summed E-state index contributed by atoms with van der Waals surface area (Å²) in [5.74, 6) is -0.284. The molecule has 0 fully saturated rings. The summed E-state index contributed by atoms with van der Waals surface area (Å²) in [4.78, 5) is 22.8. The lowest BCUT2D eigenvalue weighted by atomic mass is 10.2. The quantitative estimate of drug-likeness (QED) is 0.328. The minimum atomic E-state index is -0.625. The SMILES string of the molecule is O=C(NC(=S)Nc1ccccc1[N+](=O)[O-])c1ccc(-c2cccc(Cl)c2Cl)o1. The Labute approximate surface area is 174 Å². The van der Waals surface area contributed by atoms with Gasteiger partial charge in [0, 0.05) is 11.6 Å². The average molecular weight is 436 g/mol. The van der Waals surface area contributed by atoms with Gasteiger partial charge in [-0.05, 0) is 42.5 Å². The van der Waals surface area contributed by atoms with Crippen molar-refractivity contribution in [1.29, 1.82) is 0 Å². The first-order valence-electron chi connectivity index (χ1n) is 7.77. The number of nitrogens with zero attached hydrogens (tertiary/aromatic N) is 1. The Hall–Kier alpha value is -2.94. The van der Waals surface area contributed by atoms with Gasteiger partial charge in [-0.2, -0.15) is 0 Å². The Morgan fingerprint density at radius 3 is 2.57 bits per heavy atom. The number of benzene rings is 2. The van der Waals surface area contributed by atoms with E-state index in [2.05, 4.69) is 10.6 Å². The standard InChI is InChI=1S/C18H11Cl2N3O4S/c19-11-5-3-4-10(16(11)20)14-8-9-15(27-14)17(24)22-18(28)21-12-6-1-2-7-13(12)23(25)26/h1-9H,(H2,21,22,24,28). The molecule has 10 heteroatoms. The number of halogens is 2. The van der Waals surface area contributed by atoms with Crippen LogP contribution in [0.3, 0.4) is 0 Å². The van der Waals surface area contributed by atoms with E-state index in [9.17, 15) is 14.9 Å². The third-order valence-corrected chi connectivity index (χ3v) is 4.65. The van der Waals surface area contributed by atoms with Crippen LogP contribution in [0.2, 0.25) is 10.0 Å². The van der Waals surface area contributed by atoms with Crippen molar-refractivity contribution in [3.8, 4) is 11.3 Å². The van der Waals surface area contributed by atoms with E-state index in [0.717, 1.165) is 0 Å². The second kappa shape index (κ2) is 8.39. The van der Waals surface area contributed by atoms with Gasteiger partial charge in [-0.15, -0.1) is 0 Å². The van der Waals surface area contributed by atoms with Crippen molar-refractivity contribution in [2.75, 3.05) is 5.32 Å². The minimum Gasteiger partial charge on any atom is -0.451 e. The Kier molecular flexibility index (Phi) is 5.93. The van der Waals surface area contributed by atoms with Crippen molar-refractivity contribution in [3.05, 3.63) is 80.5 Å². The van der Waals surface area contributed by atoms with E-state index < -0.39 is 10.8 Å². The Morgan fingerprint density at radius 2 is 1.82 bits per heavy atom. The number of furan rings is 1. The molecule has 1 amide bonds. The molecule has 0 radical (unpaired) electrons. The van der Waals surface area contributed by atoms with Crippen LogP contribution in [-0.4, -0.2) is 15.9 Å². The number of nitro benzene ring substituents is 1. The summed E-state index contributed by atoms with van der Waals surface area (Å²) in [7, 11) is 0. The predicted octanol–water partition coefficient (Wildman–Crippen LogP) is 5.29.